The number of carbonyl (C=O) groups excluding carboxylic acids is 3. The highest BCUT2D eigenvalue weighted by molar-refractivity contribution is 5.93. The number of carbonyl (C=O) groups is 6. The molecule has 18 heteroatoms. The molecule has 1 aliphatic rings. The summed E-state index contributed by atoms with van der Waals surface area (Å²) in [4.78, 5) is 92.2. The fraction of sp³-hybridized carbons (Fsp3) is 0.457. The van der Waals surface area contributed by atoms with Crippen LogP contribution in [0.2, 0.25) is 0 Å². The van der Waals surface area contributed by atoms with E-state index in [9.17, 15) is 33.6 Å². The summed E-state index contributed by atoms with van der Waals surface area (Å²) in [6.45, 7) is 1.86. The lowest BCUT2D eigenvalue weighted by Crippen LogP contribution is -2.51. The number of carboxylic acid groups (broad SMARTS) is 3. The van der Waals surface area contributed by atoms with Gasteiger partial charge in [-0.1, -0.05) is 24.3 Å². The lowest BCUT2D eigenvalue weighted by molar-refractivity contribution is -0.138. The van der Waals surface area contributed by atoms with Crippen LogP contribution in [0.3, 0.4) is 0 Å². The van der Waals surface area contributed by atoms with Crippen LogP contribution in [0.15, 0.2) is 53.3 Å². The second kappa shape index (κ2) is 20.0. The van der Waals surface area contributed by atoms with Gasteiger partial charge >= 0.3 is 17.9 Å². The average Bonchev–Trinajstić information content (AvgIpc) is 3.12. The Morgan fingerprint density at radius 2 is 0.811 bits per heavy atom. The molecule has 4 rings (SSSR count). The fourth-order valence-corrected chi connectivity index (χ4v) is 6.14. The van der Waals surface area contributed by atoms with Gasteiger partial charge in [0.2, 0.25) is 17.7 Å². The van der Waals surface area contributed by atoms with E-state index in [2.05, 4.69) is 25.4 Å². The number of hydrogen-bond acceptors (Lipinski definition) is 11. The van der Waals surface area contributed by atoms with E-state index in [-0.39, 0.29) is 38.2 Å². The number of aromatic nitrogens is 1. The molecule has 3 amide bonds. The number of nitrogens with zero attached hydrogens (tertiary/aromatic N) is 5. The molecule has 0 unspecified atom stereocenters. The first-order chi connectivity index (χ1) is 25.4. The largest absolute Gasteiger partial charge is 0.480 e. The Hall–Kier alpha value is -5.43. The predicted molar refractivity (Wildman–Crippen MR) is 193 cm³/mol. The van der Waals surface area contributed by atoms with Gasteiger partial charge in [-0.3, -0.25) is 53.2 Å². The van der Waals surface area contributed by atoms with E-state index in [0.717, 1.165) is 11.0 Å². The number of pyridine rings is 1. The molecule has 2 aromatic carbocycles. The quantitative estimate of drug-likeness (QED) is 0.0925. The van der Waals surface area contributed by atoms with Crippen molar-refractivity contribution in [2.24, 2.45) is 0 Å². The number of benzene rings is 2. The van der Waals surface area contributed by atoms with Crippen LogP contribution in [0.4, 0.5) is 0 Å². The summed E-state index contributed by atoms with van der Waals surface area (Å²) in [6, 6.07) is 14.8. The minimum absolute atomic E-state index is 0.0548. The molecule has 0 radical (unpaired) electrons. The van der Waals surface area contributed by atoms with Crippen LogP contribution >= 0.6 is 0 Å². The van der Waals surface area contributed by atoms with Crippen molar-refractivity contribution < 1.29 is 44.1 Å². The van der Waals surface area contributed by atoms with Crippen LogP contribution in [0, 0.1) is 0 Å². The number of para-hydroxylation sites is 2. The van der Waals surface area contributed by atoms with Crippen LogP contribution < -0.4 is 21.4 Å². The Bertz CT molecular complexity index is 1740. The second-order valence-corrected chi connectivity index (χ2v) is 12.7. The maximum atomic E-state index is 13.3. The Morgan fingerprint density at radius 1 is 0.491 bits per heavy atom. The second-order valence-electron chi connectivity index (χ2n) is 12.7. The number of carboxylic acids is 3. The van der Waals surface area contributed by atoms with Crippen LogP contribution in [-0.2, 0) is 35.3 Å². The third kappa shape index (κ3) is 12.9. The molecular formula is C35H46N8O10. The standard InChI is InChI=1S/C35H46N8O10/c44-29(36-19-32(47)48)22-40-11-9-39(17-18-43-27-7-3-1-5-25(27)35(53)26-6-2-4-8-28(26)43)10-12-41(23-30(45)37-20-33(49)50)14-16-42(15-13-40)24-31(46)38-21-34(51)52/h1-8H,9-24H2,(H,36,44)(H,37,45)(H,38,46)(H,47,48)(H,49,50)(H,51,52). The van der Waals surface area contributed by atoms with Crippen LogP contribution in [0.25, 0.3) is 21.8 Å². The SMILES string of the molecule is O=C(O)CNC(=O)CN1CCN(CCn2c3ccccc3c(=O)c3ccccc32)CCN(CC(=O)NCC(=O)O)CCN(CC(=O)NCC(=O)O)CC1. The monoisotopic (exact) mass is 738 g/mol. The molecule has 6 N–H and O–H groups in total. The van der Waals surface area contributed by atoms with E-state index in [1.54, 1.807) is 17.0 Å². The maximum absolute atomic E-state index is 13.3. The van der Waals surface area contributed by atoms with Gasteiger partial charge in [0.1, 0.15) is 19.6 Å². The zero-order valence-corrected chi connectivity index (χ0v) is 29.4. The van der Waals surface area contributed by atoms with E-state index < -0.39 is 55.3 Å². The summed E-state index contributed by atoms with van der Waals surface area (Å²) in [5.74, 6) is -5.05. The van der Waals surface area contributed by atoms with Gasteiger partial charge in [-0.15, -0.1) is 0 Å². The average molecular weight is 739 g/mol. The maximum Gasteiger partial charge on any atom is 0.322 e. The third-order valence-electron chi connectivity index (χ3n) is 8.86. The van der Waals surface area contributed by atoms with Gasteiger partial charge in [0.05, 0.1) is 30.7 Å². The van der Waals surface area contributed by atoms with Gasteiger partial charge in [-0.05, 0) is 24.3 Å². The predicted octanol–water partition coefficient (Wildman–Crippen LogP) is -2.02. The highest BCUT2D eigenvalue weighted by atomic mass is 16.4. The van der Waals surface area contributed by atoms with Crippen molar-refractivity contribution in [3.63, 3.8) is 0 Å². The molecule has 53 heavy (non-hydrogen) atoms. The number of aliphatic carboxylic acids is 3. The molecule has 3 aromatic rings. The molecule has 1 fully saturated rings. The van der Waals surface area contributed by atoms with Gasteiger partial charge in [0, 0.05) is 76.2 Å². The van der Waals surface area contributed by atoms with E-state index in [4.69, 9.17) is 15.3 Å². The normalized spacial score (nSPS) is 15.6. The van der Waals surface area contributed by atoms with Gasteiger partial charge in [-0.2, -0.15) is 0 Å². The summed E-state index contributed by atoms with van der Waals surface area (Å²) in [6.07, 6.45) is 0. The molecule has 0 saturated carbocycles. The minimum Gasteiger partial charge on any atom is -0.480 e. The van der Waals surface area contributed by atoms with Crippen molar-refractivity contribution >= 4 is 57.4 Å². The number of amides is 3. The molecule has 1 aromatic heterocycles. The molecule has 1 saturated heterocycles. The molecular weight excluding hydrogens is 692 g/mol. The number of fused-ring (bicyclic) bond motifs is 2. The highest BCUT2D eigenvalue weighted by Gasteiger charge is 2.22. The lowest BCUT2D eigenvalue weighted by atomic mass is 10.1. The zero-order valence-electron chi connectivity index (χ0n) is 29.4. The van der Waals surface area contributed by atoms with Crippen molar-refractivity contribution in [1.82, 2.24) is 40.1 Å². The van der Waals surface area contributed by atoms with Gasteiger partial charge in [0.25, 0.3) is 0 Å². The van der Waals surface area contributed by atoms with Crippen molar-refractivity contribution in [1.29, 1.82) is 0 Å². The van der Waals surface area contributed by atoms with Crippen molar-refractivity contribution in [3.05, 3.63) is 58.8 Å². The van der Waals surface area contributed by atoms with Crippen molar-refractivity contribution in [3.8, 4) is 0 Å². The minimum atomic E-state index is -1.20. The number of hydrogen-bond donors (Lipinski definition) is 6. The summed E-state index contributed by atoms with van der Waals surface area (Å²) in [5.41, 5.74) is 1.51. The first-order valence-corrected chi connectivity index (χ1v) is 17.2. The molecule has 286 valence electrons. The Kier molecular flexibility index (Phi) is 15.2. The Balaban J connectivity index is 1.59. The molecule has 18 nitrogen and oxygen atoms in total. The van der Waals surface area contributed by atoms with E-state index >= 15 is 0 Å². The van der Waals surface area contributed by atoms with E-state index in [1.165, 1.54) is 0 Å². The first-order valence-electron chi connectivity index (χ1n) is 17.2. The summed E-state index contributed by atoms with van der Waals surface area (Å²) in [7, 11) is 0. The first kappa shape index (κ1) is 40.3. The molecule has 0 spiro atoms. The molecule has 2 heterocycles. The molecule has 0 bridgehead atoms. The van der Waals surface area contributed by atoms with Gasteiger partial charge in [-0.25, -0.2) is 0 Å². The molecule has 0 atom stereocenters. The summed E-state index contributed by atoms with van der Waals surface area (Å²) in [5, 5.41) is 35.4. The number of rotatable bonds is 15. The van der Waals surface area contributed by atoms with Crippen LogP contribution in [-0.4, -0.2) is 173 Å². The van der Waals surface area contributed by atoms with E-state index in [0.29, 0.717) is 63.1 Å². The smallest absolute Gasteiger partial charge is 0.322 e. The van der Waals surface area contributed by atoms with Gasteiger partial charge in [0.15, 0.2) is 5.43 Å². The summed E-state index contributed by atoms with van der Waals surface area (Å²) < 4.78 is 2.10. The topological polar surface area (TPSA) is 234 Å². The van der Waals surface area contributed by atoms with Crippen molar-refractivity contribution in [2.45, 2.75) is 6.54 Å². The zero-order chi connectivity index (χ0) is 38.3. The Labute approximate surface area is 304 Å². The molecule has 1 aliphatic heterocycles. The van der Waals surface area contributed by atoms with Crippen molar-refractivity contribution in [2.75, 3.05) is 98.2 Å². The lowest BCUT2D eigenvalue weighted by Gasteiger charge is -2.34. The molecule has 0 aliphatic carbocycles. The van der Waals surface area contributed by atoms with Crippen LogP contribution in [0.5, 0.6) is 0 Å². The number of nitrogens with one attached hydrogen (secondary N) is 3. The Morgan fingerprint density at radius 3 is 1.15 bits per heavy atom. The highest BCUT2D eigenvalue weighted by Crippen LogP contribution is 2.19. The van der Waals surface area contributed by atoms with E-state index in [1.807, 2.05) is 46.2 Å². The summed E-state index contributed by atoms with van der Waals surface area (Å²) >= 11 is 0. The van der Waals surface area contributed by atoms with Crippen LogP contribution in [0.1, 0.15) is 0 Å². The van der Waals surface area contributed by atoms with Gasteiger partial charge < -0.3 is 35.8 Å². The third-order valence-corrected chi connectivity index (χ3v) is 8.86. The fourth-order valence-electron chi connectivity index (χ4n) is 6.14.